The van der Waals surface area contributed by atoms with Gasteiger partial charge in [0.25, 0.3) is 0 Å². The third kappa shape index (κ3) is 192. The van der Waals surface area contributed by atoms with Gasteiger partial charge in [-0.05, 0) is 0 Å². The molecule has 0 atom stereocenters. The smallest absolute Gasteiger partial charge is 0.368 e. The minimum absolute atomic E-state index is 0. The lowest BCUT2D eigenvalue weighted by Crippen LogP contribution is -2.33. The Labute approximate surface area is 59.5 Å². The summed E-state index contributed by atoms with van der Waals surface area (Å²) in [5, 5.41) is 0. The van der Waals surface area contributed by atoms with Gasteiger partial charge < -0.3 is 19.2 Å². The Balaban J connectivity index is -0.0000000800. The zero-order valence-corrected chi connectivity index (χ0v) is 4.79. The van der Waals surface area contributed by atoms with E-state index in [-0.39, 0.29) is 30.9 Å². The Hall–Kier alpha value is 0.939. The normalized spacial score (nSPS) is 8.57. The van der Waals surface area contributed by atoms with Crippen molar-refractivity contribution < 1.29 is 19.2 Å². The van der Waals surface area contributed by atoms with Crippen LogP contribution in [0, 0.1) is 0 Å². The van der Waals surface area contributed by atoms with Crippen LogP contribution >= 0.6 is 13.5 Å². The molecule has 4 N–H and O–H groups in total. The summed E-state index contributed by atoms with van der Waals surface area (Å²) in [6.07, 6.45) is 0. The van der Waals surface area contributed by atoms with Crippen molar-refractivity contribution >= 4 is 39.9 Å². The van der Waals surface area contributed by atoms with E-state index in [9.17, 15) is 0 Å². The molecule has 0 aromatic rings. The van der Waals surface area contributed by atoms with Gasteiger partial charge in [0.15, 0.2) is 17.4 Å². The highest BCUT2D eigenvalue weighted by Crippen LogP contribution is 1.67. The first-order chi connectivity index (χ1) is 2.00. The van der Waals surface area contributed by atoms with Crippen LogP contribution in [0.1, 0.15) is 0 Å². The van der Waals surface area contributed by atoms with Crippen molar-refractivity contribution in [3.63, 3.8) is 0 Å². The summed E-state index contributed by atoms with van der Waals surface area (Å²) in [4.78, 5) is 29.3. The fourth-order valence-electron chi connectivity index (χ4n) is 0. The molecule has 0 radical (unpaired) electrons. The van der Waals surface area contributed by atoms with E-state index in [2.05, 4.69) is 0 Å². The average molecular weight is 160 g/mol. The van der Waals surface area contributed by atoms with E-state index in [1.165, 1.54) is 0 Å². The molecule has 0 saturated heterocycles. The van der Waals surface area contributed by atoms with Gasteiger partial charge in [0, 0.05) is 0 Å². The molecule has 0 saturated carbocycles. The minimum atomic E-state index is -4.61. The second-order valence-corrected chi connectivity index (χ2v) is 1.80. The molecule has 0 aromatic heterocycles. The van der Waals surface area contributed by atoms with Crippen molar-refractivity contribution in [2.45, 2.75) is 0 Å². The summed E-state index contributed by atoms with van der Waals surface area (Å²) in [6, 6.07) is 0. The molecule has 0 fully saturated rings. The van der Waals surface area contributed by atoms with E-state index in [0.717, 1.165) is 0 Å². The van der Waals surface area contributed by atoms with Crippen molar-refractivity contribution in [1.29, 1.82) is 0 Å². The van der Waals surface area contributed by atoms with Gasteiger partial charge in [0.2, 0.25) is 0 Å². The Morgan fingerprint density at radius 3 is 0.857 bits per heavy atom. The molecule has 0 bridgehead atoms. The fraction of sp³-hybridized carbons (Fsp3) is 0. The van der Waals surface area contributed by atoms with Crippen LogP contribution in [0.2, 0.25) is 0 Å². The summed E-state index contributed by atoms with van der Waals surface area (Å²) in [5.74, 6) is 0. The van der Waals surface area contributed by atoms with E-state index in [1.807, 2.05) is 0 Å². The zero-order chi connectivity index (χ0) is 4.50. The summed E-state index contributed by atoms with van der Waals surface area (Å²) in [6.45, 7) is 0. The number of hydrogen-bond donors (Lipinski definition) is 4. The van der Waals surface area contributed by atoms with Crippen LogP contribution in [0.4, 0.5) is 0 Å². The highest BCUT2D eigenvalue weighted by molar-refractivity contribution is 7.59. The second-order valence-electron chi connectivity index (χ2n) is 0.600. The lowest BCUT2D eigenvalue weighted by Gasteiger charge is -1.91. The molecule has 0 aliphatic rings. The van der Waals surface area contributed by atoms with E-state index in [1.54, 1.807) is 0 Å². The minimum Gasteiger partial charge on any atom is -0.368 e. The topological polar surface area (TPSA) is 80.9 Å². The molecule has 0 unspecified atom stereocenters. The highest BCUT2D eigenvalue weighted by Gasteiger charge is 2.22. The molecule has 4 nitrogen and oxygen atoms in total. The van der Waals surface area contributed by atoms with Crippen LogP contribution in [0.15, 0.2) is 0 Å². The summed E-state index contributed by atoms with van der Waals surface area (Å²) >= 11 is 0. The van der Waals surface area contributed by atoms with Crippen LogP contribution in [0.3, 0.4) is 0 Å². The maximum absolute atomic E-state index is 7.33. The molecule has 7 heteroatoms. The standard InChI is InChI=1S/Al.H4O4Si.H2S.3H/c;1-5(2,3)4;;;;/h;1-4H;1H2;;;. The van der Waals surface area contributed by atoms with E-state index in [4.69, 9.17) is 19.2 Å². The van der Waals surface area contributed by atoms with Crippen molar-refractivity contribution in [2.24, 2.45) is 0 Å². The molecule has 0 amide bonds. The first-order valence-electron chi connectivity index (χ1n) is 0.894. The van der Waals surface area contributed by atoms with Gasteiger partial charge in [-0.3, -0.25) is 0 Å². The Morgan fingerprint density at radius 2 is 0.857 bits per heavy atom. The molecule has 0 rings (SSSR count). The molecule has 46 valence electrons. The number of hydrogen-bond acceptors (Lipinski definition) is 4. The first kappa shape index (κ1) is 15.7. The maximum atomic E-state index is 7.33. The van der Waals surface area contributed by atoms with E-state index >= 15 is 0 Å². The van der Waals surface area contributed by atoms with Gasteiger partial charge in [0.05, 0.1) is 0 Å². The van der Waals surface area contributed by atoms with Crippen molar-refractivity contribution in [3.05, 3.63) is 0 Å². The van der Waals surface area contributed by atoms with Gasteiger partial charge in [-0.15, -0.1) is 0 Å². The third-order valence-electron chi connectivity index (χ3n) is 0. The predicted octanol–water partition coefficient (Wildman–Crippen LogP) is -3.68. The Kier molecular flexibility index (Phi) is 11.4. The molecule has 0 heterocycles. The van der Waals surface area contributed by atoms with Crippen LogP contribution in [-0.2, 0) is 0 Å². The van der Waals surface area contributed by atoms with Gasteiger partial charge in [-0.2, -0.15) is 13.5 Å². The monoisotopic (exact) mass is 160 g/mol. The Bertz CT molecular complexity index is 27.2. The van der Waals surface area contributed by atoms with Crippen LogP contribution in [-0.4, -0.2) is 45.6 Å². The molecule has 0 aliphatic carbocycles. The molecule has 0 aliphatic heterocycles. The van der Waals surface area contributed by atoms with Crippen molar-refractivity contribution in [1.82, 2.24) is 0 Å². The van der Waals surface area contributed by atoms with Crippen molar-refractivity contribution in [2.75, 3.05) is 0 Å². The van der Waals surface area contributed by atoms with Gasteiger partial charge in [-0.1, -0.05) is 0 Å². The van der Waals surface area contributed by atoms with Crippen LogP contribution < -0.4 is 0 Å². The Morgan fingerprint density at radius 1 is 0.857 bits per heavy atom. The van der Waals surface area contributed by atoms with E-state index < -0.39 is 9.05 Å². The maximum Gasteiger partial charge on any atom is 0.668 e. The molecular weight excluding hydrogens is 151 g/mol. The van der Waals surface area contributed by atoms with Gasteiger partial charge >= 0.3 is 9.05 Å². The second kappa shape index (κ2) is 5.08. The SMILES string of the molecule is O[Si](O)(O)O.S.[AlH3]. The van der Waals surface area contributed by atoms with E-state index in [0.29, 0.717) is 0 Å². The third-order valence-corrected chi connectivity index (χ3v) is 0. The summed E-state index contributed by atoms with van der Waals surface area (Å²) in [7, 11) is -4.61. The molecule has 0 spiro atoms. The molecular formula is H9AlO4SSi. The summed E-state index contributed by atoms with van der Waals surface area (Å²) in [5.41, 5.74) is 0. The van der Waals surface area contributed by atoms with Crippen molar-refractivity contribution in [3.8, 4) is 0 Å². The van der Waals surface area contributed by atoms with Gasteiger partial charge in [-0.25, -0.2) is 0 Å². The number of rotatable bonds is 0. The lowest BCUT2D eigenvalue weighted by molar-refractivity contribution is 0.117. The lowest BCUT2D eigenvalue weighted by atomic mass is 15.7. The first-order valence-corrected chi connectivity index (χ1v) is 2.68. The molecule has 0 aromatic carbocycles. The van der Waals surface area contributed by atoms with Crippen LogP contribution in [0.5, 0.6) is 0 Å². The van der Waals surface area contributed by atoms with Crippen LogP contribution in [0.25, 0.3) is 0 Å². The zero-order valence-electron chi connectivity index (χ0n) is 2.79. The predicted molar refractivity (Wildman–Crippen MR) is 34.9 cm³/mol. The van der Waals surface area contributed by atoms with Gasteiger partial charge in [0.1, 0.15) is 0 Å². The average Bonchev–Trinajstić information content (AvgIpc) is 0.722. The quantitative estimate of drug-likeness (QED) is 0.275. The fourth-order valence-corrected chi connectivity index (χ4v) is 0. The highest BCUT2D eigenvalue weighted by atomic mass is 32.1. The molecule has 7 heavy (non-hydrogen) atoms. The summed E-state index contributed by atoms with van der Waals surface area (Å²) < 4.78 is 0. The largest absolute Gasteiger partial charge is 0.668 e.